The number of nitrogens with zero attached hydrogens (tertiary/aromatic N) is 3. The lowest BCUT2D eigenvalue weighted by Crippen LogP contribution is -2.29. The molecule has 18 heavy (non-hydrogen) atoms. The van der Waals surface area contributed by atoms with Crippen molar-refractivity contribution in [3.8, 4) is 0 Å². The molecule has 1 N–H and O–H groups in total. The van der Waals surface area contributed by atoms with Gasteiger partial charge in [-0.05, 0) is 31.8 Å². The SMILES string of the molecule is CCCN(C)c1cnn(CC2CCNC2)c(=O)c1. The molecule has 1 unspecified atom stereocenters. The molecule has 2 heterocycles. The first-order valence-corrected chi connectivity index (χ1v) is 6.69. The van der Waals surface area contributed by atoms with Gasteiger partial charge >= 0.3 is 0 Å². The van der Waals surface area contributed by atoms with Gasteiger partial charge in [-0.15, -0.1) is 0 Å². The Morgan fingerprint density at radius 3 is 3.06 bits per heavy atom. The standard InChI is InChI=1S/C13H22N4O/c1-3-6-16(2)12-7-13(18)17(15-9-12)10-11-4-5-14-8-11/h7,9,11,14H,3-6,8,10H2,1-2H3. The monoisotopic (exact) mass is 250 g/mol. The van der Waals surface area contributed by atoms with Crippen molar-refractivity contribution in [2.45, 2.75) is 26.3 Å². The van der Waals surface area contributed by atoms with Gasteiger partial charge in [-0.3, -0.25) is 4.79 Å². The normalized spacial score (nSPS) is 19.1. The molecule has 0 aromatic carbocycles. The Bertz CT molecular complexity index is 437. The highest BCUT2D eigenvalue weighted by Crippen LogP contribution is 2.10. The number of hydrogen-bond acceptors (Lipinski definition) is 4. The van der Waals surface area contributed by atoms with Crippen molar-refractivity contribution in [3.05, 3.63) is 22.6 Å². The molecule has 5 heteroatoms. The highest BCUT2D eigenvalue weighted by Gasteiger charge is 2.16. The predicted octanol–water partition coefficient (Wildman–Crippen LogP) is 0.699. The van der Waals surface area contributed by atoms with Crippen molar-refractivity contribution in [2.24, 2.45) is 5.92 Å². The molecular formula is C13H22N4O. The van der Waals surface area contributed by atoms with Gasteiger partial charge in [-0.2, -0.15) is 5.10 Å². The third kappa shape index (κ3) is 3.10. The van der Waals surface area contributed by atoms with Crippen LogP contribution in [0.3, 0.4) is 0 Å². The lowest BCUT2D eigenvalue weighted by Gasteiger charge is -2.18. The van der Waals surface area contributed by atoms with E-state index >= 15 is 0 Å². The summed E-state index contributed by atoms with van der Waals surface area (Å²) in [6.45, 7) is 5.84. The van der Waals surface area contributed by atoms with Crippen LogP contribution in [0.15, 0.2) is 17.1 Å². The van der Waals surface area contributed by atoms with Gasteiger partial charge in [0.15, 0.2) is 0 Å². The summed E-state index contributed by atoms with van der Waals surface area (Å²) in [6, 6.07) is 1.69. The number of nitrogens with one attached hydrogen (secondary N) is 1. The van der Waals surface area contributed by atoms with Crippen LogP contribution < -0.4 is 15.8 Å². The van der Waals surface area contributed by atoms with E-state index in [0.717, 1.165) is 44.7 Å². The summed E-state index contributed by atoms with van der Waals surface area (Å²) >= 11 is 0. The molecule has 1 aliphatic heterocycles. The van der Waals surface area contributed by atoms with Crippen LogP contribution in [0.5, 0.6) is 0 Å². The van der Waals surface area contributed by atoms with Crippen LogP contribution in [0.4, 0.5) is 5.69 Å². The van der Waals surface area contributed by atoms with Gasteiger partial charge in [0.2, 0.25) is 0 Å². The Labute approximate surface area is 108 Å². The van der Waals surface area contributed by atoms with Crippen LogP contribution >= 0.6 is 0 Å². The summed E-state index contributed by atoms with van der Waals surface area (Å²) in [6.07, 6.45) is 3.98. The van der Waals surface area contributed by atoms with E-state index in [0.29, 0.717) is 5.92 Å². The maximum Gasteiger partial charge on any atom is 0.268 e. The van der Waals surface area contributed by atoms with Crippen LogP contribution in [-0.4, -0.2) is 36.5 Å². The second kappa shape index (κ2) is 6.00. The van der Waals surface area contributed by atoms with Gasteiger partial charge in [0.25, 0.3) is 5.56 Å². The molecule has 1 aromatic rings. The zero-order valence-corrected chi connectivity index (χ0v) is 11.2. The van der Waals surface area contributed by atoms with Crippen molar-refractivity contribution in [3.63, 3.8) is 0 Å². The van der Waals surface area contributed by atoms with Crippen LogP contribution in [0.1, 0.15) is 19.8 Å². The van der Waals surface area contributed by atoms with E-state index in [4.69, 9.17) is 0 Å². The van der Waals surface area contributed by atoms with Crippen molar-refractivity contribution >= 4 is 5.69 Å². The fourth-order valence-electron chi connectivity index (χ4n) is 2.35. The lowest BCUT2D eigenvalue weighted by molar-refractivity contribution is 0.433. The van der Waals surface area contributed by atoms with E-state index in [1.165, 1.54) is 0 Å². The Hall–Kier alpha value is -1.36. The highest BCUT2D eigenvalue weighted by molar-refractivity contribution is 5.41. The van der Waals surface area contributed by atoms with Crippen LogP contribution in [0.25, 0.3) is 0 Å². The number of rotatable bonds is 5. The molecule has 1 fully saturated rings. The molecular weight excluding hydrogens is 228 g/mol. The molecule has 0 radical (unpaired) electrons. The lowest BCUT2D eigenvalue weighted by atomic mass is 10.1. The second-order valence-electron chi connectivity index (χ2n) is 5.01. The van der Waals surface area contributed by atoms with Gasteiger partial charge < -0.3 is 10.2 Å². The zero-order valence-electron chi connectivity index (χ0n) is 11.2. The van der Waals surface area contributed by atoms with E-state index in [1.807, 2.05) is 7.05 Å². The van der Waals surface area contributed by atoms with Crippen LogP contribution in [0.2, 0.25) is 0 Å². The summed E-state index contributed by atoms with van der Waals surface area (Å²) in [4.78, 5) is 14.1. The molecule has 100 valence electrons. The minimum Gasteiger partial charge on any atom is -0.373 e. The van der Waals surface area contributed by atoms with Gasteiger partial charge in [0.1, 0.15) is 0 Å². The highest BCUT2D eigenvalue weighted by atomic mass is 16.1. The Kier molecular flexibility index (Phi) is 4.36. The maximum atomic E-state index is 12.0. The van der Waals surface area contributed by atoms with E-state index in [2.05, 4.69) is 22.2 Å². The molecule has 1 saturated heterocycles. The molecule has 0 amide bonds. The first-order chi connectivity index (χ1) is 8.70. The zero-order chi connectivity index (χ0) is 13.0. The van der Waals surface area contributed by atoms with Crippen molar-refractivity contribution < 1.29 is 0 Å². The molecule has 0 aliphatic carbocycles. The molecule has 1 aromatic heterocycles. The summed E-state index contributed by atoms with van der Waals surface area (Å²) in [5.74, 6) is 0.537. The van der Waals surface area contributed by atoms with Gasteiger partial charge in [0, 0.05) is 26.2 Å². The first kappa shape index (κ1) is 13.1. The number of hydrogen-bond donors (Lipinski definition) is 1. The van der Waals surface area contributed by atoms with Crippen molar-refractivity contribution in [1.29, 1.82) is 0 Å². The summed E-state index contributed by atoms with van der Waals surface area (Å²) in [5.41, 5.74) is 0.907. The smallest absolute Gasteiger partial charge is 0.268 e. The maximum absolute atomic E-state index is 12.0. The average Bonchev–Trinajstić information content (AvgIpc) is 2.85. The molecule has 1 aliphatic rings. The third-order valence-electron chi connectivity index (χ3n) is 3.45. The quantitative estimate of drug-likeness (QED) is 0.836. The number of aromatic nitrogens is 2. The molecule has 0 saturated carbocycles. The van der Waals surface area contributed by atoms with E-state index in [9.17, 15) is 4.79 Å². The first-order valence-electron chi connectivity index (χ1n) is 6.69. The molecule has 5 nitrogen and oxygen atoms in total. The molecule has 2 rings (SSSR count). The van der Waals surface area contributed by atoms with Gasteiger partial charge in [0.05, 0.1) is 11.9 Å². The summed E-state index contributed by atoms with van der Waals surface area (Å²) in [7, 11) is 1.99. The van der Waals surface area contributed by atoms with Gasteiger partial charge in [-0.1, -0.05) is 6.92 Å². The fraction of sp³-hybridized carbons (Fsp3) is 0.692. The Morgan fingerprint density at radius 1 is 1.61 bits per heavy atom. The largest absolute Gasteiger partial charge is 0.373 e. The Balaban J connectivity index is 2.07. The summed E-state index contributed by atoms with van der Waals surface area (Å²) < 4.78 is 1.58. The number of anilines is 1. The minimum absolute atomic E-state index is 0.00218. The van der Waals surface area contributed by atoms with Crippen LogP contribution in [0, 0.1) is 5.92 Å². The molecule has 0 bridgehead atoms. The Morgan fingerprint density at radius 2 is 2.44 bits per heavy atom. The van der Waals surface area contributed by atoms with Gasteiger partial charge in [-0.25, -0.2) is 4.68 Å². The molecule has 0 spiro atoms. The second-order valence-corrected chi connectivity index (χ2v) is 5.01. The molecule has 1 atom stereocenters. The van der Waals surface area contributed by atoms with E-state index in [-0.39, 0.29) is 5.56 Å². The van der Waals surface area contributed by atoms with E-state index in [1.54, 1.807) is 16.9 Å². The van der Waals surface area contributed by atoms with E-state index < -0.39 is 0 Å². The topological polar surface area (TPSA) is 50.2 Å². The fourth-order valence-corrected chi connectivity index (χ4v) is 2.35. The third-order valence-corrected chi connectivity index (χ3v) is 3.45. The van der Waals surface area contributed by atoms with Crippen molar-refractivity contribution in [2.75, 3.05) is 31.6 Å². The average molecular weight is 250 g/mol. The summed E-state index contributed by atoms with van der Waals surface area (Å²) in [5, 5.41) is 7.59. The van der Waals surface area contributed by atoms with Crippen molar-refractivity contribution in [1.82, 2.24) is 15.1 Å². The predicted molar refractivity (Wildman–Crippen MR) is 73.0 cm³/mol. The minimum atomic E-state index is 0.00218. The van der Waals surface area contributed by atoms with Crippen LogP contribution in [-0.2, 0) is 6.54 Å².